The van der Waals surface area contributed by atoms with Crippen molar-refractivity contribution in [3.05, 3.63) is 18.0 Å². The smallest absolute Gasteiger partial charge is 0.169 e. The van der Waals surface area contributed by atoms with Crippen LogP contribution in [0.3, 0.4) is 0 Å². The molecule has 18 heavy (non-hydrogen) atoms. The maximum absolute atomic E-state index is 12.4. The molecule has 0 aromatic carbocycles. The minimum atomic E-state index is 0.140. The van der Waals surface area contributed by atoms with Gasteiger partial charge < -0.3 is 4.74 Å². The molecule has 2 saturated heterocycles. The first kappa shape index (κ1) is 11.9. The van der Waals surface area contributed by atoms with Gasteiger partial charge in [0.15, 0.2) is 5.78 Å². The van der Waals surface area contributed by atoms with Crippen molar-refractivity contribution >= 4 is 5.78 Å². The predicted octanol–water partition coefficient (Wildman–Crippen LogP) is 2.60. The third-order valence-electron chi connectivity index (χ3n) is 4.08. The molecular weight excluding hydrogens is 228 g/mol. The van der Waals surface area contributed by atoms with Crippen molar-refractivity contribution in [2.75, 3.05) is 0 Å². The summed E-state index contributed by atoms with van der Waals surface area (Å²) in [6.07, 6.45) is 8.25. The van der Waals surface area contributed by atoms with Gasteiger partial charge in [0.2, 0.25) is 0 Å². The van der Waals surface area contributed by atoms with Crippen molar-refractivity contribution in [3.8, 4) is 0 Å². The van der Waals surface area contributed by atoms with Crippen molar-refractivity contribution in [2.24, 2.45) is 5.92 Å². The maximum Gasteiger partial charge on any atom is 0.169 e. The molecule has 0 amide bonds. The number of Topliss-reactive ketones (excluding diaryl/α,β-unsaturated/α-hetero) is 1. The monoisotopic (exact) mass is 248 g/mol. The summed E-state index contributed by atoms with van der Waals surface area (Å²) in [5.74, 6) is 0.392. The van der Waals surface area contributed by atoms with E-state index in [2.05, 4.69) is 18.9 Å². The Morgan fingerprint density at radius 1 is 1.39 bits per heavy atom. The molecule has 0 radical (unpaired) electrons. The average molecular weight is 248 g/mol. The number of nitrogens with zero attached hydrogens (tertiary/aromatic N) is 2. The highest BCUT2D eigenvalue weighted by Gasteiger charge is 2.38. The third kappa shape index (κ3) is 2.09. The zero-order valence-electron chi connectivity index (χ0n) is 11.0. The van der Waals surface area contributed by atoms with Gasteiger partial charge in [-0.1, -0.05) is 0 Å². The highest BCUT2D eigenvalue weighted by Crippen LogP contribution is 2.37. The largest absolute Gasteiger partial charge is 0.375 e. The number of hydrogen-bond donors (Lipinski definition) is 0. The van der Waals surface area contributed by atoms with Crippen LogP contribution < -0.4 is 0 Å². The highest BCUT2D eigenvalue weighted by atomic mass is 16.5. The molecule has 0 aliphatic carbocycles. The second-order valence-corrected chi connectivity index (χ2v) is 5.79. The SMILES string of the molecule is CC(C)n1cc(C(=O)C2CC3CCC(C2)O3)cn1. The first-order valence-corrected chi connectivity index (χ1v) is 6.87. The molecule has 2 bridgehead atoms. The second kappa shape index (κ2) is 4.50. The van der Waals surface area contributed by atoms with Gasteiger partial charge in [-0.15, -0.1) is 0 Å². The molecule has 2 unspecified atom stereocenters. The van der Waals surface area contributed by atoms with E-state index in [4.69, 9.17) is 4.74 Å². The number of carbonyl (C=O) groups is 1. The fourth-order valence-corrected chi connectivity index (χ4v) is 3.06. The van der Waals surface area contributed by atoms with Gasteiger partial charge in [0, 0.05) is 18.2 Å². The predicted molar refractivity (Wildman–Crippen MR) is 67.6 cm³/mol. The van der Waals surface area contributed by atoms with E-state index in [1.54, 1.807) is 6.20 Å². The van der Waals surface area contributed by atoms with E-state index in [0.717, 1.165) is 31.2 Å². The normalized spacial score (nSPS) is 30.9. The van der Waals surface area contributed by atoms with Crippen molar-refractivity contribution in [3.63, 3.8) is 0 Å². The van der Waals surface area contributed by atoms with Crippen LogP contribution in [0.15, 0.2) is 12.4 Å². The number of hydrogen-bond acceptors (Lipinski definition) is 3. The Hall–Kier alpha value is -1.16. The lowest BCUT2D eigenvalue weighted by atomic mass is 9.89. The number of carbonyl (C=O) groups excluding carboxylic acids is 1. The average Bonchev–Trinajstić information content (AvgIpc) is 2.95. The van der Waals surface area contributed by atoms with Gasteiger partial charge in [-0.3, -0.25) is 9.48 Å². The van der Waals surface area contributed by atoms with E-state index in [0.29, 0.717) is 18.2 Å². The van der Waals surface area contributed by atoms with E-state index >= 15 is 0 Å². The molecule has 4 heteroatoms. The lowest BCUT2D eigenvalue weighted by molar-refractivity contribution is -0.0149. The van der Waals surface area contributed by atoms with E-state index in [-0.39, 0.29) is 11.7 Å². The summed E-state index contributed by atoms with van der Waals surface area (Å²) in [6.45, 7) is 4.13. The van der Waals surface area contributed by atoms with Gasteiger partial charge in [-0.2, -0.15) is 5.10 Å². The Morgan fingerprint density at radius 3 is 2.61 bits per heavy atom. The van der Waals surface area contributed by atoms with Gasteiger partial charge >= 0.3 is 0 Å². The highest BCUT2D eigenvalue weighted by molar-refractivity contribution is 5.97. The summed E-state index contributed by atoms with van der Waals surface area (Å²) in [5, 5.41) is 4.25. The fraction of sp³-hybridized carbons (Fsp3) is 0.714. The van der Waals surface area contributed by atoms with Crippen LogP contribution in [0.25, 0.3) is 0 Å². The lowest BCUT2D eigenvalue weighted by Gasteiger charge is -2.26. The van der Waals surface area contributed by atoms with Gasteiger partial charge in [-0.25, -0.2) is 0 Å². The second-order valence-electron chi connectivity index (χ2n) is 5.79. The van der Waals surface area contributed by atoms with Gasteiger partial charge in [0.05, 0.1) is 24.0 Å². The Bertz CT molecular complexity index is 440. The van der Waals surface area contributed by atoms with E-state index in [9.17, 15) is 4.79 Å². The van der Waals surface area contributed by atoms with E-state index in [1.165, 1.54) is 0 Å². The molecule has 3 rings (SSSR count). The first-order valence-electron chi connectivity index (χ1n) is 6.87. The van der Waals surface area contributed by atoms with E-state index < -0.39 is 0 Å². The van der Waals surface area contributed by atoms with E-state index in [1.807, 2.05) is 10.9 Å². The number of fused-ring (bicyclic) bond motifs is 2. The molecule has 3 heterocycles. The van der Waals surface area contributed by atoms with Crippen molar-refractivity contribution in [1.29, 1.82) is 0 Å². The van der Waals surface area contributed by atoms with Crippen LogP contribution in [0.4, 0.5) is 0 Å². The number of ketones is 1. The number of ether oxygens (including phenoxy) is 1. The third-order valence-corrected chi connectivity index (χ3v) is 4.08. The van der Waals surface area contributed by atoms with Crippen LogP contribution in [0.2, 0.25) is 0 Å². The fourth-order valence-electron chi connectivity index (χ4n) is 3.06. The van der Waals surface area contributed by atoms with Crippen molar-refractivity contribution in [1.82, 2.24) is 9.78 Å². The van der Waals surface area contributed by atoms with Crippen LogP contribution in [-0.2, 0) is 4.74 Å². The molecule has 2 atom stereocenters. The summed E-state index contributed by atoms with van der Waals surface area (Å²) in [4.78, 5) is 12.4. The van der Waals surface area contributed by atoms with Crippen LogP contribution in [-0.4, -0.2) is 27.8 Å². The zero-order chi connectivity index (χ0) is 12.7. The summed E-state index contributed by atoms with van der Waals surface area (Å²) < 4.78 is 7.63. The van der Waals surface area contributed by atoms with Gasteiger partial charge in [0.25, 0.3) is 0 Å². The number of rotatable bonds is 3. The zero-order valence-corrected chi connectivity index (χ0v) is 11.0. The molecule has 0 N–H and O–H groups in total. The molecule has 2 aliphatic heterocycles. The van der Waals surface area contributed by atoms with Crippen molar-refractivity contribution in [2.45, 2.75) is 57.8 Å². The van der Waals surface area contributed by atoms with Gasteiger partial charge in [0.1, 0.15) is 0 Å². The quantitative estimate of drug-likeness (QED) is 0.772. The molecule has 2 fully saturated rings. The van der Waals surface area contributed by atoms with Crippen LogP contribution >= 0.6 is 0 Å². The molecule has 1 aromatic heterocycles. The first-order chi connectivity index (χ1) is 8.63. The molecule has 1 aromatic rings. The number of aromatic nitrogens is 2. The minimum absolute atomic E-state index is 0.140. The molecule has 0 saturated carbocycles. The molecular formula is C14H20N2O2. The van der Waals surface area contributed by atoms with Gasteiger partial charge in [-0.05, 0) is 39.5 Å². The topological polar surface area (TPSA) is 44.1 Å². The van der Waals surface area contributed by atoms with Crippen molar-refractivity contribution < 1.29 is 9.53 Å². The summed E-state index contributed by atoms with van der Waals surface area (Å²) in [5.41, 5.74) is 0.759. The summed E-state index contributed by atoms with van der Waals surface area (Å²) in [6, 6.07) is 0.303. The molecule has 2 aliphatic rings. The summed E-state index contributed by atoms with van der Waals surface area (Å²) >= 11 is 0. The standard InChI is InChI=1S/C14H20N2O2/c1-9(2)16-8-11(7-15-16)14(17)10-5-12-3-4-13(6-10)18-12/h7-10,12-13H,3-6H2,1-2H3. The maximum atomic E-state index is 12.4. The Labute approximate surface area is 107 Å². The Kier molecular flexibility index (Phi) is 2.98. The van der Waals surface area contributed by atoms with Crippen LogP contribution in [0.1, 0.15) is 55.9 Å². The van der Waals surface area contributed by atoms with Crippen LogP contribution in [0, 0.1) is 5.92 Å². The lowest BCUT2D eigenvalue weighted by Crippen LogP contribution is -2.29. The molecule has 98 valence electrons. The molecule has 0 spiro atoms. The Morgan fingerprint density at radius 2 is 2.06 bits per heavy atom. The van der Waals surface area contributed by atoms with Crippen LogP contribution in [0.5, 0.6) is 0 Å². The minimum Gasteiger partial charge on any atom is -0.375 e. The Balaban J connectivity index is 1.73. The summed E-state index contributed by atoms with van der Waals surface area (Å²) in [7, 11) is 0. The molecule has 4 nitrogen and oxygen atoms in total.